The number of nitrogens with two attached hydrogens (primary N) is 1. The summed E-state index contributed by atoms with van der Waals surface area (Å²) in [5, 5.41) is 3.90. The van der Waals surface area contributed by atoms with Gasteiger partial charge in [-0.05, 0) is 53.5 Å². The summed E-state index contributed by atoms with van der Waals surface area (Å²) in [6, 6.07) is 7.86. The van der Waals surface area contributed by atoms with Crippen molar-refractivity contribution in [2.45, 2.75) is 19.4 Å². The molecule has 3 heterocycles. The number of hydrogen-bond acceptors (Lipinski definition) is 8. The normalized spacial score (nSPS) is 15.6. The Morgan fingerprint density at radius 3 is 2.91 bits per heavy atom. The van der Waals surface area contributed by atoms with Gasteiger partial charge in [-0.15, -0.1) is 11.3 Å². The minimum absolute atomic E-state index is 0.0529. The molecule has 1 saturated heterocycles. The fourth-order valence-corrected chi connectivity index (χ4v) is 5.71. The number of fused-ring (bicyclic) bond motifs is 1. The fraction of sp³-hybridized carbons (Fsp3) is 0.250. The lowest BCUT2D eigenvalue weighted by atomic mass is 10.1. The molecule has 0 aliphatic carbocycles. The Morgan fingerprint density at radius 1 is 1.34 bits per heavy atom. The number of rotatable bonds is 5. The predicted molar refractivity (Wildman–Crippen MR) is 139 cm³/mol. The Hall–Kier alpha value is -3.15. The van der Waals surface area contributed by atoms with Crippen LogP contribution in [-0.2, 0) is 0 Å². The molecule has 2 aromatic carbocycles. The van der Waals surface area contributed by atoms with Gasteiger partial charge in [0, 0.05) is 29.8 Å². The van der Waals surface area contributed by atoms with Gasteiger partial charge in [-0.25, -0.2) is 19.3 Å². The highest BCUT2D eigenvalue weighted by molar-refractivity contribution is 9.10. The molecule has 35 heavy (non-hydrogen) atoms. The van der Waals surface area contributed by atoms with Crippen molar-refractivity contribution in [3.8, 4) is 17.1 Å². The van der Waals surface area contributed by atoms with E-state index in [9.17, 15) is 9.18 Å². The van der Waals surface area contributed by atoms with Crippen molar-refractivity contribution in [1.29, 1.82) is 0 Å². The monoisotopic (exact) mass is 556 g/mol. The van der Waals surface area contributed by atoms with Gasteiger partial charge >= 0.3 is 0 Å². The fourth-order valence-electron chi connectivity index (χ4n) is 4.23. The maximum Gasteiger partial charge on any atom is 0.274 e. The quantitative estimate of drug-likeness (QED) is 0.365. The van der Waals surface area contributed by atoms with E-state index >= 15 is 0 Å². The van der Waals surface area contributed by atoms with Crippen LogP contribution in [0.5, 0.6) is 5.75 Å². The number of thiazole rings is 1. The second-order valence-electron chi connectivity index (χ2n) is 8.20. The number of methoxy groups -OCH3 is 1. The molecule has 1 amide bonds. The second kappa shape index (κ2) is 9.48. The maximum atomic E-state index is 14.6. The molecule has 8 nitrogen and oxygen atoms in total. The van der Waals surface area contributed by atoms with E-state index in [1.54, 1.807) is 17.4 Å². The molecule has 1 aliphatic heterocycles. The number of nitrogens with one attached hydrogen (secondary N) is 1. The van der Waals surface area contributed by atoms with Crippen LogP contribution in [-0.4, -0.2) is 47.1 Å². The van der Waals surface area contributed by atoms with E-state index in [0.29, 0.717) is 12.2 Å². The maximum absolute atomic E-state index is 14.6. The molecule has 1 atom stereocenters. The minimum atomic E-state index is -0.539. The Kier molecular flexibility index (Phi) is 6.39. The lowest BCUT2D eigenvalue weighted by Crippen LogP contribution is -2.27. The van der Waals surface area contributed by atoms with E-state index in [2.05, 4.69) is 36.1 Å². The van der Waals surface area contributed by atoms with Crippen LogP contribution in [0.1, 0.15) is 21.9 Å². The van der Waals surface area contributed by atoms with Crippen LogP contribution in [0.2, 0.25) is 0 Å². The first kappa shape index (κ1) is 23.6. The predicted octanol–water partition coefficient (Wildman–Crippen LogP) is 4.76. The SMILES string of the molecule is COc1cccc(F)c1-c1nccc(C(=O)Nc2cc(Br)c3sc(C)nc3c2N2CCC(N)C2)n1. The van der Waals surface area contributed by atoms with Crippen molar-refractivity contribution in [2.24, 2.45) is 5.73 Å². The van der Waals surface area contributed by atoms with Gasteiger partial charge in [-0.3, -0.25) is 4.79 Å². The van der Waals surface area contributed by atoms with Gasteiger partial charge < -0.3 is 20.7 Å². The van der Waals surface area contributed by atoms with E-state index in [-0.39, 0.29) is 28.9 Å². The molecule has 0 radical (unpaired) electrons. The first-order valence-corrected chi connectivity index (χ1v) is 12.5. The van der Waals surface area contributed by atoms with Crippen LogP contribution in [0.25, 0.3) is 21.6 Å². The van der Waals surface area contributed by atoms with Crippen LogP contribution >= 0.6 is 27.3 Å². The van der Waals surface area contributed by atoms with Gasteiger partial charge in [0.05, 0.1) is 33.8 Å². The zero-order chi connectivity index (χ0) is 24.7. The summed E-state index contributed by atoms with van der Waals surface area (Å²) in [6.07, 6.45) is 2.28. The largest absolute Gasteiger partial charge is 0.496 e. The highest BCUT2D eigenvalue weighted by Crippen LogP contribution is 2.42. The summed E-state index contributed by atoms with van der Waals surface area (Å²) >= 11 is 5.21. The first-order valence-electron chi connectivity index (χ1n) is 10.9. The van der Waals surface area contributed by atoms with Crippen molar-refractivity contribution in [3.05, 3.63) is 57.5 Å². The Bertz CT molecular complexity index is 1450. The molecule has 11 heteroatoms. The molecular formula is C24H22BrFN6O2S. The number of hydrogen-bond donors (Lipinski definition) is 2. The first-order chi connectivity index (χ1) is 16.9. The smallest absolute Gasteiger partial charge is 0.274 e. The number of aromatic nitrogens is 3. The van der Waals surface area contributed by atoms with Crippen molar-refractivity contribution < 1.29 is 13.9 Å². The number of aryl methyl sites for hydroxylation is 1. The molecule has 3 N–H and O–H groups in total. The highest BCUT2D eigenvalue weighted by atomic mass is 79.9. The number of carbonyl (C=O) groups is 1. The zero-order valence-corrected chi connectivity index (χ0v) is 21.4. The average molecular weight is 557 g/mol. The van der Waals surface area contributed by atoms with Gasteiger partial charge in [0.1, 0.15) is 22.8 Å². The van der Waals surface area contributed by atoms with E-state index in [1.807, 2.05) is 13.0 Å². The standard InChI is InChI=1S/C24H22BrFN6O2S/c1-12-29-20-21(32-9-7-13(27)11-32)17(10-14(25)22(20)35-12)31-24(33)16-6-8-28-23(30-16)19-15(26)4-3-5-18(19)34-2/h3-6,8,10,13H,7,9,11,27H2,1-2H3,(H,31,33). The lowest BCUT2D eigenvalue weighted by molar-refractivity contribution is 0.102. The zero-order valence-electron chi connectivity index (χ0n) is 19.0. The van der Waals surface area contributed by atoms with Crippen LogP contribution < -0.4 is 20.7 Å². The number of halogens is 2. The molecule has 1 aliphatic rings. The number of carbonyl (C=O) groups excluding carboxylic acids is 1. The van der Waals surface area contributed by atoms with Crippen LogP contribution in [0.4, 0.5) is 15.8 Å². The third-order valence-corrected chi connectivity index (χ3v) is 7.69. The Balaban J connectivity index is 1.54. The van der Waals surface area contributed by atoms with Crippen molar-refractivity contribution in [1.82, 2.24) is 15.0 Å². The van der Waals surface area contributed by atoms with Gasteiger partial charge in [-0.2, -0.15) is 0 Å². The number of nitrogens with zero attached hydrogens (tertiary/aromatic N) is 4. The third-order valence-electron chi connectivity index (χ3n) is 5.80. The van der Waals surface area contributed by atoms with E-state index in [0.717, 1.165) is 38.3 Å². The highest BCUT2D eigenvalue weighted by Gasteiger charge is 2.27. The van der Waals surface area contributed by atoms with Crippen molar-refractivity contribution in [3.63, 3.8) is 0 Å². The molecule has 0 saturated carbocycles. The molecule has 5 rings (SSSR count). The molecule has 180 valence electrons. The topological polar surface area (TPSA) is 106 Å². The summed E-state index contributed by atoms with van der Waals surface area (Å²) in [4.78, 5) is 28.7. The lowest BCUT2D eigenvalue weighted by Gasteiger charge is -2.23. The van der Waals surface area contributed by atoms with Gasteiger partial charge in [-0.1, -0.05) is 6.07 Å². The Morgan fingerprint density at radius 2 is 2.17 bits per heavy atom. The summed E-state index contributed by atoms with van der Waals surface area (Å²) in [7, 11) is 1.44. The van der Waals surface area contributed by atoms with E-state index < -0.39 is 11.7 Å². The van der Waals surface area contributed by atoms with Crippen molar-refractivity contribution >= 4 is 54.8 Å². The van der Waals surface area contributed by atoms with Gasteiger partial charge in [0.2, 0.25) is 0 Å². The molecule has 1 fully saturated rings. The van der Waals surface area contributed by atoms with Gasteiger partial charge in [0.15, 0.2) is 5.82 Å². The van der Waals surface area contributed by atoms with Crippen LogP contribution in [0.3, 0.4) is 0 Å². The molecule has 2 aromatic heterocycles. The molecular weight excluding hydrogens is 535 g/mol. The summed E-state index contributed by atoms with van der Waals surface area (Å²) < 4.78 is 21.7. The molecule has 1 unspecified atom stereocenters. The summed E-state index contributed by atoms with van der Waals surface area (Å²) in [5.41, 5.74) is 8.60. The molecule has 0 bridgehead atoms. The van der Waals surface area contributed by atoms with E-state index in [4.69, 9.17) is 15.5 Å². The summed E-state index contributed by atoms with van der Waals surface area (Å²) in [5.74, 6) is -0.650. The number of ether oxygens (including phenoxy) is 1. The number of amides is 1. The van der Waals surface area contributed by atoms with Crippen molar-refractivity contribution in [2.75, 3.05) is 30.4 Å². The summed E-state index contributed by atoms with van der Waals surface area (Å²) in [6.45, 7) is 3.39. The minimum Gasteiger partial charge on any atom is -0.496 e. The van der Waals surface area contributed by atoms with Crippen LogP contribution in [0, 0.1) is 12.7 Å². The Labute approximate surface area is 213 Å². The van der Waals surface area contributed by atoms with Crippen LogP contribution in [0.15, 0.2) is 41.0 Å². The average Bonchev–Trinajstić information content (AvgIpc) is 3.44. The molecule has 4 aromatic rings. The molecule has 0 spiro atoms. The second-order valence-corrected chi connectivity index (χ2v) is 10.3. The van der Waals surface area contributed by atoms with E-state index in [1.165, 1.54) is 31.5 Å². The number of anilines is 2. The number of benzene rings is 2. The third kappa shape index (κ3) is 4.46. The van der Waals surface area contributed by atoms with Gasteiger partial charge in [0.25, 0.3) is 5.91 Å².